The van der Waals surface area contributed by atoms with E-state index in [1.54, 1.807) is 24.4 Å². The summed E-state index contributed by atoms with van der Waals surface area (Å²) >= 11 is 0. The third-order valence-electron chi connectivity index (χ3n) is 5.48. The molecule has 29 heavy (non-hydrogen) atoms. The number of carboxylic acid groups (broad SMARTS) is 1. The van der Waals surface area contributed by atoms with Crippen molar-refractivity contribution in [3.05, 3.63) is 89.0 Å². The molecule has 0 saturated carbocycles. The summed E-state index contributed by atoms with van der Waals surface area (Å²) in [5.41, 5.74) is 3.65. The number of aryl methyl sites for hydroxylation is 2. The number of fused-ring (bicyclic) bond motifs is 1. The highest BCUT2D eigenvalue weighted by Gasteiger charge is 2.21. The first-order valence-electron chi connectivity index (χ1n) is 9.82. The van der Waals surface area contributed by atoms with Crippen LogP contribution in [-0.2, 0) is 12.8 Å². The highest BCUT2D eigenvalue weighted by molar-refractivity contribution is 5.89. The molecule has 1 heterocycles. The van der Waals surface area contributed by atoms with Crippen molar-refractivity contribution in [3.8, 4) is 11.5 Å². The second-order valence-electron chi connectivity index (χ2n) is 7.39. The fourth-order valence-corrected chi connectivity index (χ4v) is 4.09. The number of benzene rings is 2. The molecule has 0 aliphatic heterocycles. The van der Waals surface area contributed by atoms with Crippen molar-refractivity contribution >= 4 is 5.97 Å². The van der Waals surface area contributed by atoms with Gasteiger partial charge in [-0.05, 0) is 85.0 Å². The van der Waals surface area contributed by atoms with E-state index in [0.717, 1.165) is 31.2 Å². The Labute approximate surface area is 169 Å². The molecule has 1 N–H and O–H groups in total. The number of carbonyl (C=O) groups is 1. The first-order chi connectivity index (χ1) is 14.1. The summed E-state index contributed by atoms with van der Waals surface area (Å²) in [4.78, 5) is 15.5. The highest BCUT2D eigenvalue weighted by atomic mass is 19.1. The van der Waals surface area contributed by atoms with Gasteiger partial charge in [0.25, 0.3) is 0 Å². The quantitative estimate of drug-likeness (QED) is 0.580. The second-order valence-corrected chi connectivity index (χ2v) is 7.39. The number of aromatic nitrogens is 1. The van der Waals surface area contributed by atoms with Gasteiger partial charge in [0.05, 0.1) is 5.56 Å². The summed E-state index contributed by atoms with van der Waals surface area (Å²) in [7, 11) is 0. The van der Waals surface area contributed by atoms with Crippen LogP contribution in [0.3, 0.4) is 0 Å². The maximum Gasteiger partial charge on any atom is 0.336 e. The molecule has 1 atom stereocenters. The van der Waals surface area contributed by atoms with Gasteiger partial charge >= 0.3 is 5.97 Å². The average Bonchev–Trinajstić information content (AvgIpc) is 2.72. The number of hydrogen-bond acceptors (Lipinski definition) is 3. The number of hydrogen-bond donors (Lipinski definition) is 1. The Balaban J connectivity index is 1.49. The van der Waals surface area contributed by atoms with Crippen molar-refractivity contribution in [1.82, 2.24) is 4.98 Å². The molecule has 0 saturated heterocycles. The number of aromatic carboxylic acids is 1. The fraction of sp³-hybridized carbons (Fsp3) is 0.250. The van der Waals surface area contributed by atoms with E-state index in [-0.39, 0.29) is 5.82 Å². The van der Waals surface area contributed by atoms with Gasteiger partial charge in [-0.15, -0.1) is 0 Å². The van der Waals surface area contributed by atoms with E-state index in [9.17, 15) is 14.3 Å². The largest absolute Gasteiger partial charge is 0.478 e. The number of ether oxygens (including phenoxy) is 1. The number of carboxylic acids is 1. The van der Waals surface area contributed by atoms with E-state index < -0.39 is 5.97 Å². The van der Waals surface area contributed by atoms with Gasteiger partial charge in [-0.25, -0.2) is 9.18 Å². The van der Waals surface area contributed by atoms with Crippen LogP contribution in [-0.4, -0.2) is 16.1 Å². The van der Waals surface area contributed by atoms with E-state index in [0.29, 0.717) is 29.4 Å². The number of pyridine rings is 1. The van der Waals surface area contributed by atoms with Crippen molar-refractivity contribution in [2.75, 3.05) is 0 Å². The van der Waals surface area contributed by atoms with Crippen molar-refractivity contribution < 1.29 is 19.0 Å². The highest BCUT2D eigenvalue weighted by Crippen LogP contribution is 2.37. The zero-order valence-electron chi connectivity index (χ0n) is 16.0. The molecule has 4 rings (SSSR count). The van der Waals surface area contributed by atoms with E-state index in [4.69, 9.17) is 4.74 Å². The average molecular weight is 391 g/mol. The number of nitrogens with zero attached hydrogens (tertiary/aromatic N) is 1. The van der Waals surface area contributed by atoms with Gasteiger partial charge in [-0.3, -0.25) is 4.98 Å². The van der Waals surface area contributed by atoms with Crippen LogP contribution >= 0.6 is 0 Å². The standard InChI is InChI=1S/C24H22FNO3/c25-19-5-2-6-20(14-19)29-21-9-10-22-16(3-1-4-17(22)13-21)7-8-18-15-26-12-11-23(18)24(27)28/h2,5-6,9-16H,1,3-4,7-8H2,(H,27,28). The number of halogens is 1. The lowest BCUT2D eigenvalue weighted by Crippen LogP contribution is -2.12. The minimum atomic E-state index is -0.911. The van der Waals surface area contributed by atoms with Gasteiger partial charge < -0.3 is 9.84 Å². The third kappa shape index (κ3) is 4.45. The second kappa shape index (κ2) is 8.43. The SMILES string of the molecule is O=C(O)c1ccncc1CCC1CCCc2cc(Oc3cccc(F)c3)ccc21. The first kappa shape index (κ1) is 19.1. The first-order valence-corrected chi connectivity index (χ1v) is 9.82. The molecule has 1 aliphatic rings. The summed E-state index contributed by atoms with van der Waals surface area (Å²) in [5, 5.41) is 9.36. The molecule has 0 fully saturated rings. The molecule has 0 amide bonds. The zero-order valence-corrected chi connectivity index (χ0v) is 16.0. The maximum absolute atomic E-state index is 13.4. The Morgan fingerprint density at radius 3 is 2.86 bits per heavy atom. The Bertz CT molecular complexity index is 1030. The van der Waals surface area contributed by atoms with Crippen molar-refractivity contribution in [2.45, 2.75) is 38.0 Å². The van der Waals surface area contributed by atoms with Crippen LogP contribution in [0.1, 0.15) is 52.2 Å². The van der Waals surface area contributed by atoms with Crippen LogP contribution in [0.25, 0.3) is 0 Å². The van der Waals surface area contributed by atoms with Gasteiger partial charge in [-0.2, -0.15) is 0 Å². The third-order valence-corrected chi connectivity index (χ3v) is 5.48. The summed E-state index contributed by atoms with van der Waals surface area (Å²) < 4.78 is 19.2. The molecular formula is C24H22FNO3. The molecule has 1 aliphatic carbocycles. The Morgan fingerprint density at radius 1 is 1.17 bits per heavy atom. The van der Waals surface area contributed by atoms with E-state index in [1.807, 2.05) is 12.1 Å². The fourth-order valence-electron chi connectivity index (χ4n) is 4.09. The van der Waals surface area contributed by atoms with Gasteiger partial charge in [0, 0.05) is 18.5 Å². The lowest BCUT2D eigenvalue weighted by atomic mass is 9.79. The van der Waals surface area contributed by atoms with Crippen LogP contribution in [0.5, 0.6) is 11.5 Å². The van der Waals surface area contributed by atoms with Gasteiger partial charge in [0.15, 0.2) is 0 Å². The van der Waals surface area contributed by atoms with Crippen molar-refractivity contribution in [1.29, 1.82) is 0 Å². The Morgan fingerprint density at radius 2 is 2.03 bits per heavy atom. The van der Waals surface area contributed by atoms with Crippen LogP contribution in [0, 0.1) is 5.82 Å². The lowest BCUT2D eigenvalue weighted by Gasteiger charge is -2.26. The summed E-state index contributed by atoms with van der Waals surface area (Å²) in [6, 6.07) is 13.7. The lowest BCUT2D eigenvalue weighted by molar-refractivity contribution is 0.0695. The van der Waals surface area contributed by atoms with Crippen LogP contribution in [0.2, 0.25) is 0 Å². The zero-order chi connectivity index (χ0) is 20.2. The predicted octanol–water partition coefficient (Wildman–Crippen LogP) is 5.76. The van der Waals surface area contributed by atoms with Crippen molar-refractivity contribution in [2.24, 2.45) is 0 Å². The number of rotatable bonds is 6. The van der Waals surface area contributed by atoms with Gasteiger partial charge in [0.1, 0.15) is 17.3 Å². The molecule has 0 spiro atoms. The van der Waals surface area contributed by atoms with Crippen LogP contribution in [0.4, 0.5) is 4.39 Å². The molecule has 3 aromatic rings. The van der Waals surface area contributed by atoms with E-state index in [1.165, 1.54) is 29.5 Å². The Kier molecular flexibility index (Phi) is 5.56. The predicted molar refractivity (Wildman–Crippen MR) is 108 cm³/mol. The van der Waals surface area contributed by atoms with Gasteiger partial charge in [0.2, 0.25) is 0 Å². The van der Waals surface area contributed by atoms with Crippen LogP contribution in [0.15, 0.2) is 60.9 Å². The molecule has 1 unspecified atom stereocenters. The Hall–Kier alpha value is -3.21. The molecule has 0 radical (unpaired) electrons. The molecule has 2 aromatic carbocycles. The molecular weight excluding hydrogens is 369 g/mol. The monoisotopic (exact) mass is 391 g/mol. The molecule has 1 aromatic heterocycles. The summed E-state index contributed by atoms with van der Waals surface area (Å²) in [5.74, 6) is 0.330. The van der Waals surface area contributed by atoms with Crippen LogP contribution < -0.4 is 4.74 Å². The van der Waals surface area contributed by atoms with E-state index in [2.05, 4.69) is 11.1 Å². The topological polar surface area (TPSA) is 59.4 Å². The van der Waals surface area contributed by atoms with E-state index >= 15 is 0 Å². The normalized spacial score (nSPS) is 15.6. The molecule has 148 valence electrons. The smallest absolute Gasteiger partial charge is 0.336 e. The minimum absolute atomic E-state index is 0.323. The summed E-state index contributed by atoms with van der Waals surface area (Å²) in [6.07, 6.45) is 7.88. The molecule has 5 heteroatoms. The maximum atomic E-state index is 13.4. The van der Waals surface area contributed by atoms with Crippen molar-refractivity contribution in [3.63, 3.8) is 0 Å². The molecule has 0 bridgehead atoms. The van der Waals surface area contributed by atoms with Gasteiger partial charge in [-0.1, -0.05) is 12.1 Å². The molecule has 4 nitrogen and oxygen atoms in total. The summed E-state index contributed by atoms with van der Waals surface area (Å²) in [6.45, 7) is 0. The minimum Gasteiger partial charge on any atom is -0.478 e.